The number of aliphatic hydroxyl groups excluding tert-OH is 1. The number of alkyl halides is 3. The van der Waals surface area contributed by atoms with Gasteiger partial charge in [-0.3, -0.25) is 4.79 Å². The van der Waals surface area contributed by atoms with Crippen molar-refractivity contribution in [2.45, 2.75) is 96.1 Å². The molecular weight excluding hydrogens is 623 g/mol. The lowest BCUT2D eigenvalue weighted by atomic mass is 9.86. The summed E-state index contributed by atoms with van der Waals surface area (Å²) in [4.78, 5) is 25.1. The molecule has 1 aromatic carbocycles. The third-order valence-electron chi connectivity index (χ3n) is 8.57. The van der Waals surface area contributed by atoms with Crippen LogP contribution in [0, 0.1) is 11.8 Å². The summed E-state index contributed by atoms with van der Waals surface area (Å²) >= 11 is 0. The monoisotopic (exact) mass is 671 g/mol. The van der Waals surface area contributed by atoms with E-state index < -0.39 is 42.0 Å². The van der Waals surface area contributed by atoms with Gasteiger partial charge in [0.25, 0.3) is 11.5 Å². The van der Waals surface area contributed by atoms with Crippen LogP contribution in [0.15, 0.2) is 102 Å². The fourth-order valence-corrected chi connectivity index (χ4v) is 6.03. The molecule has 1 fully saturated rings. The van der Waals surface area contributed by atoms with Crippen molar-refractivity contribution < 1.29 is 42.1 Å². The van der Waals surface area contributed by atoms with Gasteiger partial charge in [0.1, 0.15) is 6.10 Å². The summed E-state index contributed by atoms with van der Waals surface area (Å²) in [5, 5.41) is 13.4. The number of hydrogen-bond donors (Lipinski definition) is 2. The van der Waals surface area contributed by atoms with Crippen LogP contribution in [0.25, 0.3) is 0 Å². The molecule has 0 radical (unpaired) electrons. The number of ether oxygens (including phenoxy) is 3. The molecule has 10 heteroatoms. The molecule has 3 rings (SSSR count). The SMILES string of the molecule is C/C=C/[C@@H]1O[C@H]([C@H](/C=C/C=C(\C)C[C@@H](C)/C=C(C)\C=C\[C@H]2CC=CC(=O)O2)NC(=O)C(OC)(c2ccccc2)C(F)(F)F)C[C@@H](O)[C@@H]1C. The minimum absolute atomic E-state index is 0.107. The Labute approximate surface area is 281 Å². The summed E-state index contributed by atoms with van der Waals surface area (Å²) in [5.41, 5.74) is -1.61. The molecule has 7 nitrogen and oxygen atoms in total. The van der Waals surface area contributed by atoms with Crippen LogP contribution in [0.5, 0.6) is 0 Å². The number of amides is 1. The number of nitrogens with one attached hydrogen (secondary N) is 1. The quantitative estimate of drug-likeness (QED) is 0.131. The third-order valence-corrected chi connectivity index (χ3v) is 8.57. The van der Waals surface area contributed by atoms with Gasteiger partial charge in [-0.05, 0) is 39.2 Å². The van der Waals surface area contributed by atoms with Crippen LogP contribution in [0.4, 0.5) is 13.2 Å². The number of hydrogen-bond acceptors (Lipinski definition) is 6. The van der Waals surface area contributed by atoms with E-state index in [-0.39, 0.29) is 35.9 Å². The molecule has 8 atom stereocenters. The zero-order valence-corrected chi connectivity index (χ0v) is 28.4. The molecule has 2 N–H and O–H groups in total. The lowest BCUT2D eigenvalue weighted by Gasteiger charge is -2.41. The summed E-state index contributed by atoms with van der Waals surface area (Å²) in [6.45, 7) is 9.63. The number of methoxy groups -OCH3 is 1. The third kappa shape index (κ3) is 10.1. The first kappa shape index (κ1) is 38.7. The van der Waals surface area contributed by atoms with Crippen molar-refractivity contribution in [3.8, 4) is 0 Å². The topological polar surface area (TPSA) is 94.1 Å². The first-order chi connectivity index (χ1) is 22.7. The highest BCUT2D eigenvalue weighted by atomic mass is 19.4. The summed E-state index contributed by atoms with van der Waals surface area (Å²) in [5.74, 6) is -1.84. The van der Waals surface area contributed by atoms with Gasteiger partial charge in [0.2, 0.25) is 0 Å². The van der Waals surface area contributed by atoms with E-state index in [2.05, 4.69) is 18.3 Å². The highest BCUT2D eigenvalue weighted by molar-refractivity contribution is 5.88. The molecule has 1 unspecified atom stereocenters. The van der Waals surface area contributed by atoms with Gasteiger partial charge in [-0.2, -0.15) is 13.2 Å². The molecule has 262 valence electrons. The fraction of sp³-hybridized carbons (Fsp3) is 0.474. The molecule has 0 aromatic heterocycles. The Morgan fingerprint density at radius 3 is 2.52 bits per heavy atom. The van der Waals surface area contributed by atoms with Crippen molar-refractivity contribution in [3.05, 3.63) is 108 Å². The van der Waals surface area contributed by atoms with Crippen molar-refractivity contribution in [2.24, 2.45) is 11.8 Å². The van der Waals surface area contributed by atoms with Crippen LogP contribution in [0.2, 0.25) is 0 Å². The van der Waals surface area contributed by atoms with E-state index in [4.69, 9.17) is 14.2 Å². The maximum absolute atomic E-state index is 14.7. The predicted octanol–water partition coefficient (Wildman–Crippen LogP) is 7.21. The average Bonchev–Trinajstić information content (AvgIpc) is 3.02. The first-order valence-electron chi connectivity index (χ1n) is 16.2. The van der Waals surface area contributed by atoms with Crippen molar-refractivity contribution in [2.75, 3.05) is 7.11 Å². The Balaban J connectivity index is 1.84. The highest BCUT2D eigenvalue weighted by Gasteiger charge is 2.63. The van der Waals surface area contributed by atoms with Crippen LogP contribution < -0.4 is 5.32 Å². The molecule has 2 heterocycles. The van der Waals surface area contributed by atoms with Crippen LogP contribution in [0.1, 0.15) is 59.4 Å². The molecule has 1 aromatic rings. The largest absolute Gasteiger partial charge is 0.455 e. The molecule has 1 amide bonds. The molecule has 0 aliphatic carbocycles. The molecule has 0 saturated carbocycles. The van der Waals surface area contributed by atoms with E-state index in [1.807, 2.05) is 45.9 Å². The van der Waals surface area contributed by atoms with Gasteiger partial charge < -0.3 is 24.6 Å². The Bertz CT molecular complexity index is 1410. The van der Waals surface area contributed by atoms with Gasteiger partial charge in [-0.15, -0.1) is 0 Å². The normalized spacial score (nSPS) is 26.9. The predicted molar refractivity (Wildman–Crippen MR) is 180 cm³/mol. The van der Waals surface area contributed by atoms with E-state index in [0.29, 0.717) is 12.8 Å². The number of allylic oxidation sites excluding steroid dienone is 7. The lowest BCUT2D eigenvalue weighted by molar-refractivity contribution is -0.266. The van der Waals surface area contributed by atoms with Gasteiger partial charge in [-0.25, -0.2) is 4.79 Å². The van der Waals surface area contributed by atoms with Crippen molar-refractivity contribution in [3.63, 3.8) is 0 Å². The van der Waals surface area contributed by atoms with Gasteiger partial charge in [0.05, 0.1) is 24.4 Å². The van der Waals surface area contributed by atoms with Gasteiger partial charge in [0.15, 0.2) is 0 Å². The number of carbonyl (C=O) groups excluding carboxylic acids is 2. The van der Waals surface area contributed by atoms with Crippen LogP contribution in [0.3, 0.4) is 0 Å². The zero-order valence-electron chi connectivity index (χ0n) is 28.4. The van der Waals surface area contributed by atoms with Crippen molar-refractivity contribution in [1.29, 1.82) is 0 Å². The molecule has 1 saturated heterocycles. The Hall–Kier alpha value is -3.73. The number of cyclic esters (lactones) is 1. The maximum Gasteiger partial charge on any atom is 0.430 e. The molecule has 48 heavy (non-hydrogen) atoms. The summed E-state index contributed by atoms with van der Waals surface area (Å²) < 4.78 is 60.6. The standard InChI is InChI=1S/C38H48F3NO6/c1-7-13-33-28(5)32(43)24-34(48-33)31(42-36(45)37(46-6,38(39,40)41)29-15-9-8-10-16-29)18-11-14-25(2)22-27(4)23-26(3)20-21-30-17-12-19-35(44)47-30/h7-16,18-21,23,27-28,30-34,43H,17,22,24H2,1-6H3,(H,42,45)/b13-7+,18-11+,21-20+,25-14+,26-23-/t27-,28+,30-,31+,32-,33+,34+,37?/m1/s1. The van der Waals surface area contributed by atoms with Crippen LogP contribution in [-0.4, -0.2) is 60.7 Å². The van der Waals surface area contributed by atoms with Crippen molar-refractivity contribution in [1.82, 2.24) is 5.32 Å². The summed E-state index contributed by atoms with van der Waals surface area (Å²) in [6, 6.07) is 5.76. The van der Waals surface area contributed by atoms with Gasteiger partial charge >= 0.3 is 12.1 Å². The Morgan fingerprint density at radius 1 is 1.19 bits per heavy atom. The number of halogens is 3. The Morgan fingerprint density at radius 2 is 1.90 bits per heavy atom. The van der Waals surface area contributed by atoms with E-state index in [1.165, 1.54) is 30.3 Å². The van der Waals surface area contributed by atoms with E-state index >= 15 is 0 Å². The molecular formula is C38H48F3NO6. The maximum atomic E-state index is 14.7. The number of carbonyl (C=O) groups is 2. The average molecular weight is 672 g/mol. The summed E-state index contributed by atoms with van der Waals surface area (Å²) in [7, 11) is 0.858. The second kappa shape index (κ2) is 17.6. The smallest absolute Gasteiger partial charge is 0.430 e. The van der Waals surface area contributed by atoms with Crippen LogP contribution in [-0.2, 0) is 29.4 Å². The second-order valence-electron chi connectivity index (χ2n) is 12.5. The fourth-order valence-electron chi connectivity index (χ4n) is 6.03. The number of esters is 1. The van der Waals surface area contributed by atoms with E-state index in [1.54, 1.807) is 36.4 Å². The van der Waals surface area contributed by atoms with Gasteiger partial charge in [0, 0.05) is 37.5 Å². The van der Waals surface area contributed by atoms with Gasteiger partial charge in [-0.1, -0.05) is 104 Å². The van der Waals surface area contributed by atoms with E-state index in [0.717, 1.165) is 18.3 Å². The number of rotatable bonds is 13. The van der Waals surface area contributed by atoms with Crippen molar-refractivity contribution >= 4 is 11.9 Å². The molecule has 0 bridgehead atoms. The minimum atomic E-state index is -5.08. The summed E-state index contributed by atoms with van der Waals surface area (Å²) in [6.07, 6.45) is 11.8. The molecule has 0 spiro atoms. The minimum Gasteiger partial charge on any atom is -0.455 e. The first-order valence-corrected chi connectivity index (χ1v) is 16.2. The highest BCUT2D eigenvalue weighted by Crippen LogP contribution is 2.42. The molecule has 2 aliphatic heterocycles. The lowest BCUT2D eigenvalue weighted by Crippen LogP contribution is -2.60. The number of aliphatic hydroxyl groups is 1. The zero-order chi connectivity index (χ0) is 35.5. The second-order valence-corrected chi connectivity index (χ2v) is 12.5. The van der Waals surface area contributed by atoms with E-state index in [9.17, 15) is 27.9 Å². The van der Waals surface area contributed by atoms with Crippen LogP contribution >= 0.6 is 0 Å². The number of benzene rings is 1. The Kier molecular flexibility index (Phi) is 14.2. The molecule has 2 aliphatic rings.